The van der Waals surface area contributed by atoms with Crippen molar-refractivity contribution in [3.63, 3.8) is 0 Å². The van der Waals surface area contributed by atoms with E-state index in [1.54, 1.807) is 30.3 Å². The molecule has 0 unspecified atom stereocenters. The summed E-state index contributed by atoms with van der Waals surface area (Å²) < 4.78 is 36.8. The van der Waals surface area contributed by atoms with Crippen molar-refractivity contribution < 1.29 is 12.8 Å². The summed E-state index contributed by atoms with van der Waals surface area (Å²) in [6.07, 6.45) is 0. The van der Waals surface area contributed by atoms with Crippen molar-refractivity contribution in [2.24, 2.45) is 10.9 Å². The summed E-state index contributed by atoms with van der Waals surface area (Å²) in [5.41, 5.74) is 6.88. The maximum absolute atomic E-state index is 13.8. The van der Waals surface area contributed by atoms with Crippen molar-refractivity contribution in [2.45, 2.75) is 18.0 Å². The standard InChI is InChI=1S/C14H16FN3O2S/c15-12-7-10(8-16)5-6-11(12)9-18-13-3-1-2-4-14(13)21(17,19)20/h1-7,18H,8-9,16H2,(H2,17,19,20). The zero-order valence-corrected chi connectivity index (χ0v) is 12.0. The number of nitrogens with one attached hydrogen (secondary N) is 1. The molecule has 0 amide bonds. The van der Waals surface area contributed by atoms with E-state index >= 15 is 0 Å². The van der Waals surface area contributed by atoms with E-state index in [2.05, 4.69) is 5.32 Å². The molecular weight excluding hydrogens is 293 g/mol. The Labute approximate surface area is 122 Å². The summed E-state index contributed by atoms with van der Waals surface area (Å²) in [5, 5.41) is 8.02. The average Bonchev–Trinajstić information content (AvgIpc) is 2.45. The molecular formula is C14H16FN3O2S. The molecule has 0 radical (unpaired) electrons. The second-order valence-corrected chi connectivity index (χ2v) is 6.05. The van der Waals surface area contributed by atoms with E-state index in [1.807, 2.05) is 0 Å². The van der Waals surface area contributed by atoms with Gasteiger partial charge in [0.2, 0.25) is 10.0 Å². The van der Waals surface area contributed by atoms with Gasteiger partial charge >= 0.3 is 0 Å². The van der Waals surface area contributed by atoms with Gasteiger partial charge in [0.1, 0.15) is 10.7 Å². The third-order valence-corrected chi connectivity index (χ3v) is 3.99. The van der Waals surface area contributed by atoms with Crippen LogP contribution in [0.5, 0.6) is 0 Å². The fraction of sp³-hybridized carbons (Fsp3) is 0.143. The Hall–Kier alpha value is -1.96. The normalized spacial score (nSPS) is 11.4. The van der Waals surface area contributed by atoms with E-state index in [9.17, 15) is 12.8 Å². The van der Waals surface area contributed by atoms with E-state index in [0.29, 0.717) is 16.8 Å². The summed E-state index contributed by atoms with van der Waals surface area (Å²) in [5.74, 6) is -0.390. The highest BCUT2D eigenvalue weighted by molar-refractivity contribution is 7.89. The first-order valence-corrected chi connectivity index (χ1v) is 7.79. The number of rotatable bonds is 5. The van der Waals surface area contributed by atoms with E-state index < -0.39 is 15.8 Å². The Morgan fingerprint density at radius 3 is 2.48 bits per heavy atom. The van der Waals surface area contributed by atoms with E-state index in [-0.39, 0.29) is 18.0 Å². The summed E-state index contributed by atoms with van der Waals surface area (Å²) >= 11 is 0. The third kappa shape index (κ3) is 3.78. The molecule has 0 heterocycles. The molecule has 5 nitrogen and oxygen atoms in total. The van der Waals surface area contributed by atoms with E-state index in [4.69, 9.17) is 10.9 Å². The Morgan fingerprint density at radius 1 is 1.14 bits per heavy atom. The minimum Gasteiger partial charge on any atom is -0.380 e. The first-order chi connectivity index (χ1) is 9.91. The molecule has 112 valence electrons. The van der Waals surface area contributed by atoms with Gasteiger partial charge in [0.25, 0.3) is 0 Å². The van der Waals surface area contributed by atoms with Crippen LogP contribution in [-0.4, -0.2) is 8.42 Å². The fourth-order valence-corrected chi connectivity index (χ4v) is 2.63. The molecule has 0 aliphatic heterocycles. The van der Waals surface area contributed by atoms with Crippen LogP contribution in [0.25, 0.3) is 0 Å². The molecule has 0 bridgehead atoms. The van der Waals surface area contributed by atoms with Gasteiger partial charge in [-0.2, -0.15) is 0 Å². The number of hydrogen-bond donors (Lipinski definition) is 3. The largest absolute Gasteiger partial charge is 0.380 e. The fourth-order valence-electron chi connectivity index (χ4n) is 1.91. The molecule has 5 N–H and O–H groups in total. The lowest BCUT2D eigenvalue weighted by Gasteiger charge is -2.11. The molecule has 0 aromatic heterocycles. The Kier molecular flexibility index (Phi) is 4.56. The minimum absolute atomic E-state index is 0.0241. The molecule has 0 atom stereocenters. The van der Waals surface area contributed by atoms with Gasteiger partial charge in [-0.05, 0) is 23.8 Å². The Bertz CT molecular complexity index is 748. The zero-order valence-electron chi connectivity index (χ0n) is 11.2. The topological polar surface area (TPSA) is 98.2 Å². The lowest BCUT2D eigenvalue weighted by molar-refractivity contribution is 0.598. The van der Waals surface area contributed by atoms with Crippen LogP contribution >= 0.6 is 0 Å². The van der Waals surface area contributed by atoms with Crippen molar-refractivity contribution in [1.82, 2.24) is 0 Å². The molecule has 2 aromatic rings. The van der Waals surface area contributed by atoms with Crippen LogP contribution in [-0.2, 0) is 23.1 Å². The van der Waals surface area contributed by atoms with Crippen molar-refractivity contribution in [1.29, 1.82) is 0 Å². The maximum Gasteiger partial charge on any atom is 0.240 e. The molecule has 0 fully saturated rings. The number of hydrogen-bond acceptors (Lipinski definition) is 4. The van der Waals surface area contributed by atoms with Crippen LogP contribution in [0.1, 0.15) is 11.1 Å². The van der Waals surface area contributed by atoms with Gasteiger partial charge in [-0.15, -0.1) is 0 Å². The molecule has 7 heteroatoms. The first kappa shape index (κ1) is 15.4. The zero-order chi connectivity index (χ0) is 15.5. The highest BCUT2D eigenvalue weighted by Crippen LogP contribution is 2.20. The van der Waals surface area contributed by atoms with Gasteiger partial charge in [-0.3, -0.25) is 0 Å². The number of nitrogens with two attached hydrogens (primary N) is 2. The van der Waals surface area contributed by atoms with Crippen LogP contribution in [0.4, 0.5) is 10.1 Å². The Balaban J connectivity index is 2.21. The van der Waals surface area contributed by atoms with Gasteiger partial charge in [0, 0.05) is 18.7 Å². The maximum atomic E-state index is 13.8. The molecule has 0 spiro atoms. The number of halogens is 1. The van der Waals surface area contributed by atoms with E-state index in [0.717, 1.165) is 0 Å². The van der Waals surface area contributed by atoms with Crippen LogP contribution < -0.4 is 16.2 Å². The molecule has 0 saturated carbocycles. The predicted octanol–water partition coefficient (Wildman–Crippen LogP) is 1.54. The molecule has 0 saturated heterocycles. The van der Waals surface area contributed by atoms with Gasteiger partial charge in [0.05, 0.1) is 5.69 Å². The van der Waals surface area contributed by atoms with Crippen molar-refractivity contribution in [2.75, 3.05) is 5.32 Å². The third-order valence-electron chi connectivity index (χ3n) is 3.02. The number of anilines is 1. The SMILES string of the molecule is NCc1ccc(CNc2ccccc2S(N)(=O)=O)c(F)c1. The molecule has 21 heavy (non-hydrogen) atoms. The Morgan fingerprint density at radius 2 is 1.86 bits per heavy atom. The van der Waals surface area contributed by atoms with Gasteiger partial charge in [0.15, 0.2) is 0 Å². The molecule has 0 aliphatic rings. The lowest BCUT2D eigenvalue weighted by Crippen LogP contribution is -2.15. The minimum atomic E-state index is -3.83. The summed E-state index contributed by atoms with van der Waals surface area (Å²) in [6, 6.07) is 10.9. The van der Waals surface area contributed by atoms with Gasteiger partial charge in [-0.25, -0.2) is 17.9 Å². The van der Waals surface area contributed by atoms with E-state index in [1.165, 1.54) is 12.1 Å². The van der Waals surface area contributed by atoms with Crippen LogP contribution in [0, 0.1) is 5.82 Å². The van der Waals surface area contributed by atoms with Crippen LogP contribution in [0.15, 0.2) is 47.4 Å². The van der Waals surface area contributed by atoms with Crippen LogP contribution in [0.3, 0.4) is 0 Å². The van der Waals surface area contributed by atoms with Crippen molar-refractivity contribution >= 4 is 15.7 Å². The highest BCUT2D eigenvalue weighted by Gasteiger charge is 2.13. The summed E-state index contributed by atoms with van der Waals surface area (Å²) in [7, 11) is -3.83. The van der Waals surface area contributed by atoms with Crippen LogP contribution in [0.2, 0.25) is 0 Å². The van der Waals surface area contributed by atoms with Crippen molar-refractivity contribution in [3.8, 4) is 0 Å². The number of sulfonamides is 1. The monoisotopic (exact) mass is 309 g/mol. The lowest BCUT2D eigenvalue weighted by atomic mass is 10.1. The van der Waals surface area contributed by atoms with Gasteiger partial charge in [-0.1, -0.05) is 24.3 Å². The molecule has 0 aliphatic carbocycles. The second kappa shape index (κ2) is 6.21. The van der Waals surface area contributed by atoms with Gasteiger partial charge < -0.3 is 11.1 Å². The number of primary sulfonamides is 1. The summed E-state index contributed by atoms with van der Waals surface area (Å²) in [4.78, 5) is -0.0241. The van der Waals surface area contributed by atoms with Crippen molar-refractivity contribution in [3.05, 3.63) is 59.4 Å². The smallest absolute Gasteiger partial charge is 0.240 e. The highest BCUT2D eigenvalue weighted by atomic mass is 32.2. The average molecular weight is 309 g/mol. The second-order valence-electron chi connectivity index (χ2n) is 4.52. The first-order valence-electron chi connectivity index (χ1n) is 6.25. The predicted molar refractivity (Wildman–Crippen MR) is 79.4 cm³/mol. The number of benzene rings is 2. The quantitative estimate of drug-likeness (QED) is 0.780. The number of para-hydroxylation sites is 1. The molecule has 2 rings (SSSR count). The molecule has 2 aromatic carbocycles. The summed E-state index contributed by atoms with van der Waals surface area (Å²) in [6.45, 7) is 0.405.